The second-order valence-corrected chi connectivity index (χ2v) is 5.71. The van der Waals surface area contributed by atoms with Crippen molar-refractivity contribution in [3.8, 4) is 0 Å². The van der Waals surface area contributed by atoms with Crippen LogP contribution in [-0.4, -0.2) is 44.4 Å². The van der Waals surface area contributed by atoms with Gasteiger partial charge in [-0.05, 0) is 31.5 Å². The van der Waals surface area contributed by atoms with Crippen LogP contribution in [0, 0.1) is 5.41 Å². The van der Waals surface area contributed by atoms with Crippen molar-refractivity contribution in [1.29, 1.82) is 0 Å². The monoisotopic (exact) mass is 328 g/mol. The molecule has 1 atom stereocenters. The Balaban J connectivity index is 0.00000242. The number of carbonyl (C=O) groups excluding carboxylic acids is 1. The SMILES string of the molecule is COCC1(CNC(=O)C(O)c2ccccc2)CCNCC1.Cl. The molecule has 0 radical (unpaired) electrons. The average molecular weight is 329 g/mol. The first-order valence-corrected chi connectivity index (χ1v) is 7.37. The summed E-state index contributed by atoms with van der Waals surface area (Å²) in [6, 6.07) is 8.98. The minimum atomic E-state index is -1.12. The highest BCUT2D eigenvalue weighted by Crippen LogP contribution is 2.28. The third kappa shape index (κ3) is 4.95. The predicted octanol–water partition coefficient (Wildman–Crippen LogP) is 1.27. The van der Waals surface area contributed by atoms with E-state index in [0.717, 1.165) is 25.9 Å². The van der Waals surface area contributed by atoms with Gasteiger partial charge >= 0.3 is 0 Å². The topological polar surface area (TPSA) is 70.6 Å². The van der Waals surface area contributed by atoms with Gasteiger partial charge in [-0.3, -0.25) is 4.79 Å². The van der Waals surface area contributed by atoms with E-state index in [-0.39, 0.29) is 23.7 Å². The number of nitrogens with one attached hydrogen (secondary N) is 2. The summed E-state index contributed by atoms with van der Waals surface area (Å²) in [6.07, 6.45) is 0.804. The Kier molecular flexibility index (Phi) is 7.82. The van der Waals surface area contributed by atoms with Crippen molar-refractivity contribution in [3.63, 3.8) is 0 Å². The number of benzene rings is 1. The van der Waals surface area contributed by atoms with Gasteiger partial charge in [0.1, 0.15) is 0 Å². The molecule has 1 heterocycles. The fourth-order valence-corrected chi connectivity index (χ4v) is 2.79. The highest BCUT2D eigenvalue weighted by molar-refractivity contribution is 5.85. The van der Waals surface area contributed by atoms with Gasteiger partial charge in [0, 0.05) is 19.1 Å². The van der Waals surface area contributed by atoms with Crippen LogP contribution in [0.2, 0.25) is 0 Å². The van der Waals surface area contributed by atoms with E-state index in [9.17, 15) is 9.90 Å². The second kappa shape index (κ2) is 9.10. The largest absolute Gasteiger partial charge is 0.384 e. The predicted molar refractivity (Wildman–Crippen MR) is 88.1 cm³/mol. The Morgan fingerprint density at radius 1 is 1.36 bits per heavy atom. The number of amides is 1. The van der Waals surface area contributed by atoms with Crippen molar-refractivity contribution in [2.45, 2.75) is 18.9 Å². The van der Waals surface area contributed by atoms with Crippen molar-refractivity contribution in [2.24, 2.45) is 5.41 Å². The Bertz CT molecular complexity index is 444. The van der Waals surface area contributed by atoms with Crippen molar-refractivity contribution in [2.75, 3.05) is 33.4 Å². The molecule has 0 bridgehead atoms. The van der Waals surface area contributed by atoms with Crippen LogP contribution in [0.5, 0.6) is 0 Å². The molecule has 0 aliphatic carbocycles. The van der Waals surface area contributed by atoms with Gasteiger partial charge in [0.25, 0.3) is 5.91 Å². The highest BCUT2D eigenvalue weighted by atomic mass is 35.5. The molecule has 3 N–H and O–H groups in total. The summed E-state index contributed by atoms with van der Waals surface area (Å²) in [4.78, 5) is 12.1. The van der Waals surface area contributed by atoms with E-state index in [1.165, 1.54) is 0 Å². The molecule has 1 unspecified atom stereocenters. The van der Waals surface area contributed by atoms with Crippen molar-refractivity contribution >= 4 is 18.3 Å². The maximum Gasteiger partial charge on any atom is 0.253 e. The second-order valence-electron chi connectivity index (χ2n) is 5.71. The molecule has 1 amide bonds. The molecule has 1 fully saturated rings. The molecule has 1 aliphatic heterocycles. The molecule has 22 heavy (non-hydrogen) atoms. The van der Waals surface area contributed by atoms with E-state index < -0.39 is 6.10 Å². The lowest BCUT2D eigenvalue weighted by Gasteiger charge is -2.37. The molecule has 5 nitrogen and oxygen atoms in total. The van der Waals surface area contributed by atoms with E-state index in [0.29, 0.717) is 18.7 Å². The van der Waals surface area contributed by atoms with E-state index in [1.54, 1.807) is 19.2 Å². The van der Waals surface area contributed by atoms with Crippen LogP contribution in [0.1, 0.15) is 24.5 Å². The number of ether oxygens (including phenoxy) is 1. The minimum Gasteiger partial charge on any atom is -0.384 e. The smallest absolute Gasteiger partial charge is 0.253 e. The number of halogens is 1. The first kappa shape index (κ1) is 18.9. The van der Waals surface area contributed by atoms with Gasteiger partial charge in [-0.25, -0.2) is 0 Å². The Hall–Kier alpha value is -1.14. The summed E-state index contributed by atoms with van der Waals surface area (Å²) >= 11 is 0. The number of hydrogen-bond acceptors (Lipinski definition) is 4. The third-order valence-electron chi connectivity index (χ3n) is 4.12. The fourth-order valence-electron chi connectivity index (χ4n) is 2.79. The van der Waals surface area contributed by atoms with Gasteiger partial charge in [-0.1, -0.05) is 30.3 Å². The molecule has 124 valence electrons. The van der Waals surface area contributed by atoms with Crippen LogP contribution in [0.3, 0.4) is 0 Å². The first-order valence-electron chi connectivity index (χ1n) is 7.37. The molecule has 0 saturated carbocycles. The van der Waals surface area contributed by atoms with Gasteiger partial charge < -0.3 is 20.5 Å². The van der Waals surface area contributed by atoms with Crippen LogP contribution in [0.25, 0.3) is 0 Å². The number of aliphatic hydroxyl groups excluding tert-OH is 1. The summed E-state index contributed by atoms with van der Waals surface area (Å²) < 4.78 is 5.32. The number of carbonyl (C=O) groups is 1. The minimum absolute atomic E-state index is 0. The fraction of sp³-hybridized carbons (Fsp3) is 0.562. The van der Waals surface area contributed by atoms with Gasteiger partial charge in [-0.2, -0.15) is 0 Å². The lowest BCUT2D eigenvalue weighted by Crippen LogP contribution is -2.47. The number of rotatable bonds is 6. The van der Waals surface area contributed by atoms with E-state index in [2.05, 4.69) is 10.6 Å². The normalized spacial score (nSPS) is 18.1. The van der Waals surface area contributed by atoms with E-state index in [4.69, 9.17) is 4.74 Å². The highest BCUT2D eigenvalue weighted by Gasteiger charge is 2.33. The lowest BCUT2D eigenvalue weighted by atomic mass is 9.79. The van der Waals surface area contributed by atoms with E-state index in [1.807, 2.05) is 18.2 Å². The van der Waals surface area contributed by atoms with Crippen LogP contribution in [0.15, 0.2) is 30.3 Å². The molecule has 1 aromatic rings. The lowest BCUT2D eigenvalue weighted by molar-refractivity contribution is -0.130. The Labute approximate surface area is 137 Å². The number of piperidine rings is 1. The molecular weight excluding hydrogens is 304 g/mol. The zero-order chi connectivity index (χ0) is 15.1. The van der Waals surface area contributed by atoms with Crippen LogP contribution in [0.4, 0.5) is 0 Å². The zero-order valence-corrected chi connectivity index (χ0v) is 13.7. The number of methoxy groups -OCH3 is 1. The molecule has 1 aliphatic rings. The Morgan fingerprint density at radius 2 is 2.00 bits per heavy atom. The molecule has 6 heteroatoms. The van der Waals surface area contributed by atoms with Gasteiger partial charge in [0.2, 0.25) is 0 Å². The standard InChI is InChI=1S/C16H24N2O3.ClH/c1-21-12-16(7-9-17-10-8-16)11-18-15(20)14(19)13-5-3-2-4-6-13;/h2-6,14,17,19H,7-12H2,1H3,(H,18,20);1H. The van der Waals surface area contributed by atoms with E-state index >= 15 is 0 Å². The third-order valence-corrected chi connectivity index (χ3v) is 4.12. The van der Waals surface area contributed by atoms with Gasteiger partial charge in [0.05, 0.1) is 6.61 Å². The van der Waals surface area contributed by atoms with Crippen molar-refractivity contribution in [1.82, 2.24) is 10.6 Å². The maximum atomic E-state index is 12.1. The summed E-state index contributed by atoms with van der Waals surface area (Å²) in [5.41, 5.74) is 0.576. The number of aliphatic hydroxyl groups is 1. The number of hydrogen-bond donors (Lipinski definition) is 3. The molecular formula is C16H25ClN2O3. The van der Waals surface area contributed by atoms with Crippen molar-refractivity contribution in [3.05, 3.63) is 35.9 Å². The molecule has 0 spiro atoms. The van der Waals surface area contributed by atoms with Gasteiger partial charge in [0.15, 0.2) is 6.10 Å². The summed E-state index contributed by atoms with van der Waals surface area (Å²) in [6.45, 7) is 3.02. The molecule has 1 saturated heterocycles. The molecule has 1 aromatic carbocycles. The quantitative estimate of drug-likeness (QED) is 0.735. The maximum absolute atomic E-state index is 12.1. The van der Waals surface area contributed by atoms with Crippen LogP contribution >= 0.6 is 12.4 Å². The summed E-state index contributed by atoms with van der Waals surface area (Å²) in [5.74, 6) is -0.352. The molecule has 0 aromatic heterocycles. The average Bonchev–Trinajstić information content (AvgIpc) is 2.54. The summed E-state index contributed by atoms with van der Waals surface area (Å²) in [5, 5.41) is 16.3. The molecule has 2 rings (SSSR count). The first-order chi connectivity index (χ1) is 10.2. The Morgan fingerprint density at radius 3 is 2.59 bits per heavy atom. The summed E-state index contributed by atoms with van der Waals surface area (Å²) in [7, 11) is 1.68. The van der Waals surface area contributed by atoms with Gasteiger partial charge in [-0.15, -0.1) is 12.4 Å². The zero-order valence-electron chi connectivity index (χ0n) is 12.9. The van der Waals surface area contributed by atoms with Crippen LogP contribution in [-0.2, 0) is 9.53 Å². The van der Waals surface area contributed by atoms with Crippen LogP contribution < -0.4 is 10.6 Å². The van der Waals surface area contributed by atoms with Crippen molar-refractivity contribution < 1.29 is 14.6 Å².